The number of nitriles is 1. The molecule has 2 rings (SSSR count). The van der Waals surface area contributed by atoms with E-state index in [2.05, 4.69) is 12.2 Å². The van der Waals surface area contributed by atoms with Crippen molar-refractivity contribution in [2.75, 3.05) is 18.4 Å². The number of nitrogens with one attached hydrogen (secondary N) is 1. The Balaban J connectivity index is 2.02. The zero-order valence-electron chi connectivity index (χ0n) is 13.1. The first-order chi connectivity index (χ1) is 11.0. The predicted octanol–water partition coefficient (Wildman–Crippen LogP) is 1.86. The summed E-state index contributed by atoms with van der Waals surface area (Å²) in [5.74, 6) is -0.129. The number of carbonyl (C=O) groups is 2. The molecular formula is C17H20N4O2. The van der Waals surface area contributed by atoms with Crippen LogP contribution >= 0.6 is 0 Å². The molecule has 1 aliphatic heterocycles. The molecule has 1 aromatic carbocycles. The molecular weight excluding hydrogens is 292 g/mol. The van der Waals surface area contributed by atoms with E-state index < -0.39 is 5.91 Å². The number of rotatable bonds is 4. The molecule has 0 atom stereocenters. The van der Waals surface area contributed by atoms with E-state index in [9.17, 15) is 14.9 Å². The van der Waals surface area contributed by atoms with E-state index in [1.165, 1.54) is 6.20 Å². The smallest absolute Gasteiger partial charge is 0.266 e. The standard InChI is InChI=1S/C17H20N4O2/c1-12-6-8-21(9-7-12)17(23)14(10-18)11-20-15-4-2-13(3-5-15)16(19)22/h2-5,11-12,20H,6-9H2,1H3,(H2,19,22)/b14-11-. The van der Waals surface area contributed by atoms with Crippen molar-refractivity contribution >= 4 is 17.5 Å². The lowest BCUT2D eigenvalue weighted by Gasteiger charge is -2.30. The minimum absolute atomic E-state index is 0.0681. The number of nitrogens with zero attached hydrogens (tertiary/aromatic N) is 2. The summed E-state index contributed by atoms with van der Waals surface area (Å²) in [4.78, 5) is 25.1. The van der Waals surface area contributed by atoms with Gasteiger partial charge >= 0.3 is 0 Å². The van der Waals surface area contributed by atoms with Crippen molar-refractivity contribution in [1.29, 1.82) is 5.26 Å². The molecule has 6 nitrogen and oxygen atoms in total. The zero-order chi connectivity index (χ0) is 16.8. The third-order valence-electron chi connectivity index (χ3n) is 3.97. The fourth-order valence-corrected chi connectivity index (χ4v) is 2.41. The molecule has 0 aliphatic carbocycles. The van der Waals surface area contributed by atoms with Crippen molar-refractivity contribution < 1.29 is 9.59 Å². The largest absolute Gasteiger partial charge is 0.366 e. The van der Waals surface area contributed by atoms with Crippen molar-refractivity contribution in [3.63, 3.8) is 0 Å². The maximum Gasteiger partial charge on any atom is 0.266 e. The quantitative estimate of drug-likeness (QED) is 0.654. The van der Waals surface area contributed by atoms with Gasteiger partial charge in [-0.25, -0.2) is 0 Å². The molecule has 1 saturated heterocycles. The second-order valence-corrected chi connectivity index (χ2v) is 5.73. The molecule has 6 heteroatoms. The summed E-state index contributed by atoms with van der Waals surface area (Å²) in [5, 5.41) is 12.1. The Hall–Kier alpha value is -2.81. The van der Waals surface area contributed by atoms with Crippen LogP contribution in [0.25, 0.3) is 0 Å². The highest BCUT2D eigenvalue weighted by atomic mass is 16.2. The summed E-state index contributed by atoms with van der Waals surface area (Å²) in [6, 6.07) is 8.44. The molecule has 1 fully saturated rings. The number of anilines is 1. The average Bonchev–Trinajstić information content (AvgIpc) is 2.56. The van der Waals surface area contributed by atoms with Crippen molar-refractivity contribution in [3.8, 4) is 6.07 Å². The number of piperidine rings is 1. The van der Waals surface area contributed by atoms with Gasteiger partial charge in [-0.15, -0.1) is 0 Å². The minimum Gasteiger partial charge on any atom is -0.366 e. The summed E-state index contributed by atoms with van der Waals surface area (Å²) >= 11 is 0. The van der Waals surface area contributed by atoms with Crippen LogP contribution in [0.15, 0.2) is 36.0 Å². The highest BCUT2D eigenvalue weighted by Gasteiger charge is 2.22. The van der Waals surface area contributed by atoms with Crippen molar-refractivity contribution in [2.45, 2.75) is 19.8 Å². The molecule has 1 aliphatic rings. The van der Waals surface area contributed by atoms with Gasteiger partial charge in [0.15, 0.2) is 0 Å². The van der Waals surface area contributed by atoms with Gasteiger partial charge in [-0.3, -0.25) is 9.59 Å². The van der Waals surface area contributed by atoms with Gasteiger partial charge in [0.05, 0.1) is 0 Å². The molecule has 0 radical (unpaired) electrons. The molecule has 1 heterocycles. The van der Waals surface area contributed by atoms with E-state index in [1.807, 2.05) is 6.07 Å². The van der Waals surface area contributed by atoms with Crippen LogP contribution in [0.5, 0.6) is 0 Å². The molecule has 0 bridgehead atoms. The van der Waals surface area contributed by atoms with Gasteiger partial charge in [0.25, 0.3) is 5.91 Å². The molecule has 2 amide bonds. The maximum absolute atomic E-state index is 12.3. The summed E-state index contributed by atoms with van der Waals surface area (Å²) in [5.41, 5.74) is 6.31. The summed E-state index contributed by atoms with van der Waals surface area (Å²) in [7, 11) is 0. The number of carbonyl (C=O) groups excluding carboxylic acids is 2. The van der Waals surface area contributed by atoms with Gasteiger partial charge in [0.1, 0.15) is 11.6 Å². The van der Waals surface area contributed by atoms with Crippen LogP contribution in [0.2, 0.25) is 0 Å². The first-order valence-corrected chi connectivity index (χ1v) is 7.57. The van der Waals surface area contributed by atoms with Gasteiger partial charge in [0, 0.05) is 30.5 Å². The normalized spacial score (nSPS) is 15.8. The second-order valence-electron chi connectivity index (χ2n) is 5.73. The predicted molar refractivity (Wildman–Crippen MR) is 87.3 cm³/mol. The molecule has 0 spiro atoms. The third kappa shape index (κ3) is 4.33. The Labute approximate surface area is 135 Å². The second kappa shape index (κ2) is 7.45. The van der Waals surface area contributed by atoms with E-state index >= 15 is 0 Å². The van der Waals surface area contributed by atoms with Gasteiger partial charge in [-0.05, 0) is 43.0 Å². The molecule has 1 aromatic rings. The number of hydrogen-bond donors (Lipinski definition) is 2. The Morgan fingerprint density at radius 1 is 1.30 bits per heavy atom. The monoisotopic (exact) mass is 312 g/mol. The highest BCUT2D eigenvalue weighted by Crippen LogP contribution is 2.18. The van der Waals surface area contributed by atoms with Crippen LogP contribution in [0.4, 0.5) is 5.69 Å². The lowest BCUT2D eigenvalue weighted by Crippen LogP contribution is -2.38. The number of likely N-dealkylation sites (tertiary alicyclic amines) is 1. The van der Waals surface area contributed by atoms with Crippen LogP contribution in [-0.4, -0.2) is 29.8 Å². The maximum atomic E-state index is 12.3. The average molecular weight is 312 g/mol. The van der Waals surface area contributed by atoms with Gasteiger partial charge in [-0.1, -0.05) is 6.92 Å². The summed E-state index contributed by atoms with van der Waals surface area (Å²) in [6.45, 7) is 3.54. The molecule has 120 valence electrons. The van der Waals surface area contributed by atoms with Crippen molar-refractivity contribution in [2.24, 2.45) is 11.7 Å². The minimum atomic E-state index is -0.501. The molecule has 23 heavy (non-hydrogen) atoms. The van der Waals surface area contributed by atoms with Gasteiger partial charge < -0.3 is 16.0 Å². The number of nitrogens with two attached hydrogens (primary N) is 1. The van der Waals surface area contributed by atoms with Crippen LogP contribution in [-0.2, 0) is 4.79 Å². The lowest BCUT2D eigenvalue weighted by molar-refractivity contribution is -0.128. The Morgan fingerprint density at radius 3 is 2.43 bits per heavy atom. The van der Waals surface area contributed by atoms with E-state index in [-0.39, 0.29) is 11.5 Å². The Kier molecular flexibility index (Phi) is 5.36. The molecule has 0 saturated carbocycles. The zero-order valence-corrected chi connectivity index (χ0v) is 13.1. The van der Waals surface area contributed by atoms with E-state index in [0.29, 0.717) is 30.3 Å². The fourth-order valence-electron chi connectivity index (χ4n) is 2.41. The third-order valence-corrected chi connectivity index (χ3v) is 3.97. The highest BCUT2D eigenvalue weighted by molar-refractivity contribution is 5.97. The Bertz CT molecular complexity index is 650. The van der Waals surface area contributed by atoms with E-state index in [1.54, 1.807) is 29.2 Å². The lowest BCUT2D eigenvalue weighted by atomic mass is 9.99. The SMILES string of the molecule is CC1CCN(C(=O)/C(C#N)=C\Nc2ccc(C(N)=O)cc2)CC1. The molecule has 0 unspecified atom stereocenters. The van der Waals surface area contributed by atoms with Crippen LogP contribution in [0.1, 0.15) is 30.1 Å². The molecule has 0 aromatic heterocycles. The van der Waals surface area contributed by atoms with Crippen LogP contribution < -0.4 is 11.1 Å². The first kappa shape index (κ1) is 16.6. The summed E-state index contributed by atoms with van der Waals surface area (Å²) in [6.07, 6.45) is 3.33. The van der Waals surface area contributed by atoms with E-state index in [4.69, 9.17) is 5.73 Å². The molecule has 3 N–H and O–H groups in total. The van der Waals surface area contributed by atoms with Gasteiger partial charge in [0.2, 0.25) is 5.91 Å². The van der Waals surface area contributed by atoms with Crippen molar-refractivity contribution in [1.82, 2.24) is 4.90 Å². The van der Waals surface area contributed by atoms with Gasteiger partial charge in [-0.2, -0.15) is 5.26 Å². The fraction of sp³-hybridized carbons (Fsp3) is 0.353. The number of amides is 2. The van der Waals surface area contributed by atoms with E-state index in [0.717, 1.165) is 12.8 Å². The Morgan fingerprint density at radius 2 is 1.91 bits per heavy atom. The number of benzene rings is 1. The summed E-state index contributed by atoms with van der Waals surface area (Å²) < 4.78 is 0. The first-order valence-electron chi connectivity index (χ1n) is 7.57. The van der Waals surface area contributed by atoms with Crippen LogP contribution in [0, 0.1) is 17.2 Å². The topological polar surface area (TPSA) is 99.2 Å². The van der Waals surface area contributed by atoms with Crippen LogP contribution in [0.3, 0.4) is 0 Å². The van der Waals surface area contributed by atoms with Crippen molar-refractivity contribution in [3.05, 3.63) is 41.6 Å². The number of primary amides is 1. The number of hydrogen-bond acceptors (Lipinski definition) is 4.